The van der Waals surface area contributed by atoms with Crippen LogP contribution in [0.25, 0.3) is 16.7 Å². The third-order valence-corrected chi connectivity index (χ3v) is 9.03. The number of aromatic nitrogens is 3. The van der Waals surface area contributed by atoms with Gasteiger partial charge < -0.3 is 14.5 Å². The zero-order valence-corrected chi connectivity index (χ0v) is 23.1. The molecule has 0 unspecified atom stereocenters. The monoisotopic (exact) mass is 553 g/mol. The Morgan fingerprint density at radius 3 is 2.41 bits per heavy atom. The van der Waals surface area contributed by atoms with Crippen molar-refractivity contribution < 1.29 is 13.9 Å². The molecule has 208 valence electrons. The number of nitrogens with one attached hydrogen (secondary N) is 1. The third kappa shape index (κ3) is 5.25. The van der Waals surface area contributed by atoms with Crippen molar-refractivity contribution in [1.82, 2.24) is 24.4 Å². The van der Waals surface area contributed by atoms with E-state index in [1.807, 2.05) is 13.2 Å². The van der Waals surface area contributed by atoms with Crippen molar-refractivity contribution in [3.05, 3.63) is 47.5 Å². The predicted octanol–water partition coefficient (Wildman–Crippen LogP) is 4.16. The molecule has 2 aliphatic heterocycles. The zero-order chi connectivity index (χ0) is 26.9. The van der Waals surface area contributed by atoms with Crippen LogP contribution in [-0.4, -0.2) is 71.0 Å². The fraction of sp³-hybridized carbons (Fsp3) is 0.536. The van der Waals surface area contributed by atoms with Crippen LogP contribution in [0.4, 0.5) is 10.1 Å². The van der Waals surface area contributed by atoms with E-state index in [1.165, 1.54) is 18.6 Å². The van der Waals surface area contributed by atoms with Gasteiger partial charge in [0.2, 0.25) is 0 Å². The van der Waals surface area contributed by atoms with Gasteiger partial charge in [-0.2, -0.15) is 5.10 Å². The van der Waals surface area contributed by atoms with E-state index < -0.39 is 0 Å². The number of nitrogens with zero attached hydrogens (tertiary/aromatic N) is 5. The molecule has 39 heavy (non-hydrogen) atoms. The van der Waals surface area contributed by atoms with E-state index in [0.29, 0.717) is 35.1 Å². The molecule has 1 aliphatic carbocycles. The summed E-state index contributed by atoms with van der Waals surface area (Å²) in [5.41, 5.74) is 3.65. The number of benzene rings is 1. The van der Waals surface area contributed by atoms with Crippen LogP contribution in [-0.2, 0) is 4.74 Å². The molecule has 2 saturated heterocycles. The number of likely N-dealkylation sites (tertiary alicyclic amines) is 1. The molecule has 0 spiro atoms. The molecule has 0 bridgehead atoms. The summed E-state index contributed by atoms with van der Waals surface area (Å²) in [6.07, 6.45) is 8.03. The molecule has 3 fully saturated rings. The number of nitrogens with two attached hydrogens (primary N) is 1. The Labute approximate surface area is 232 Å². The molecule has 6 rings (SSSR count). The molecule has 3 aliphatic rings. The highest BCUT2D eigenvalue weighted by Crippen LogP contribution is 2.43. The first kappa shape index (κ1) is 26.5. The number of rotatable bonds is 7. The van der Waals surface area contributed by atoms with Crippen LogP contribution in [0.5, 0.6) is 0 Å². The second-order valence-corrected chi connectivity index (χ2v) is 11.3. The number of halogens is 1. The van der Waals surface area contributed by atoms with Crippen LogP contribution in [0, 0.1) is 5.82 Å². The number of piperidine rings is 2. The first-order valence-corrected chi connectivity index (χ1v) is 14.8. The Morgan fingerprint density at radius 2 is 1.79 bits per heavy atom. The third-order valence-electron chi connectivity index (χ3n) is 8.72. The van der Waals surface area contributed by atoms with Crippen LogP contribution < -0.4 is 14.8 Å². The van der Waals surface area contributed by atoms with E-state index in [1.54, 1.807) is 16.8 Å². The quantitative estimate of drug-likeness (QED) is 0.421. The van der Waals surface area contributed by atoms with E-state index in [9.17, 15) is 9.18 Å². The number of fused-ring (bicyclic) bond motifs is 1. The zero-order valence-electron chi connectivity index (χ0n) is 22.3. The van der Waals surface area contributed by atoms with Crippen molar-refractivity contribution in [2.24, 2.45) is 5.14 Å². The molecule has 0 radical (unpaired) electrons. The Bertz CT molecular complexity index is 1310. The molecule has 2 aromatic heterocycles. The molecule has 4 heterocycles. The molecule has 3 aromatic rings. The molecule has 1 saturated carbocycles. The molecule has 1 aromatic carbocycles. The van der Waals surface area contributed by atoms with Gasteiger partial charge in [-0.1, -0.05) is 6.42 Å². The van der Waals surface area contributed by atoms with Crippen LogP contribution in [0.1, 0.15) is 67.0 Å². The summed E-state index contributed by atoms with van der Waals surface area (Å²) in [7, 11) is 1.81. The second-order valence-electron chi connectivity index (χ2n) is 10.9. The highest BCUT2D eigenvalue weighted by atomic mass is 32.2. The number of hydrogen-bond acceptors (Lipinski definition) is 8. The molecule has 11 heteroatoms. The summed E-state index contributed by atoms with van der Waals surface area (Å²) < 4.78 is 23.7. The lowest BCUT2D eigenvalue weighted by Crippen LogP contribution is -2.48. The summed E-state index contributed by atoms with van der Waals surface area (Å²) in [4.78, 5) is 22.8. The molecule has 1 amide bonds. The second kappa shape index (κ2) is 11.4. The summed E-state index contributed by atoms with van der Waals surface area (Å²) in [6, 6.07) is 8.71. The van der Waals surface area contributed by atoms with Crippen molar-refractivity contribution in [2.75, 3.05) is 38.2 Å². The van der Waals surface area contributed by atoms with Crippen LogP contribution >= 0.6 is 12.1 Å². The van der Waals surface area contributed by atoms with Crippen LogP contribution in [0.15, 0.2) is 30.3 Å². The van der Waals surface area contributed by atoms with Crippen molar-refractivity contribution in [2.45, 2.75) is 63.0 Å². The highest BCUT2D eigenvalue weighted by Gasteiger charge is 2.33. The number of anilines is 1. The number of carbonyl (C=O) groups excluding carboxylic acids is 1. The lowest BCUT2D eigenvalue weighted by atomic mass is 9.82. The minimum Gasteiger partial charge on any atom is -0.381 e. The molecular formula is C28H36FN7O2S. The average molecular weight is 554 g/mol. The first-order chi connectivity index (χ1) is 19.1. The van der Waals surface area contributed by atoms with Crippen LogP contribution in [0.3, 0.4) is 0 Å². The fourth-order valence-corrected chi connectivity index (χ4v) is 6.48. The van der Waals surface area contributed by atoms with Crippen molar-refractivity contribution in [1.29, 1.82) is 0 Å². The Balaban J connectivity index is 1.37. The number of pyridine rings is 1. The van der Waals surface area contributed by atoms with Crippen molar-refractivity contribution in [3.63, 3.8) is 0 Å². The molecular weight excluding hydrogens is 517 g/mol. The largest absolute Gasteiger partial charge is 0.381 e. The lowest BCUT2D eigenvalue weighted by molar-refractivity contribution is 0.0233. The lowest BCUT2D eigenvalue weighted by Gasteiger charge is -2.42. The van der Waals surface area contributed by atoms with Gasteiger partial charge in [0.1, 0.15) is 11.5 Å². The molecule has 0 atom stereocenters. The summed E-state index contributed by atoms with van der Waals surface area (Å²) in [5.74, 6) is -0.301. The molecule has 9 nitrogen and oxygen atoms in total. The molecule has 3 N–H and O–H groups in total. The number of hydrogen-bond donors (Lipinski definition) is 2. The van der Waals surface area contributed by atoms with Gasteiger partial charge in [-0.05, 0) is 68.9 Å². The van der Waals surface area contributed by atoms with E-state index in [-0.39, 0.29) is 11.7 Å². The van der Waals surface area contributed by atoms with Gasteiger partial charge in [0.15, 0.2) is 5.65 Å². The van der Waals surface area contributed by atoms with E-state index >= 15 is 0 Å². The van der Waals surface area contributed by atoms with E-state index in [4.69, 9.17) is 20.0 Å². The number of amides is 1. The van der Waals surface area contributed by atoms with Gasteiger partial charge >= 0.3 is 0 Å². The number of methoxy groups -OCH3 is 1. The number of ether oxygens (including phenoxy) is 1. The topological polar surface area (TPSA) is 102 Å². The highest BCUT2D eigenvalue weighted by molar-refractivity contribution is 7.95. The van der Waals surface area contributed by atoms with Gasteiger partial charge in [-0.15, -0.1) is 0 Å². The van der Waals surface area contributed by atoms with E-state index in [2.05, 4.69) is 14.5 Å². The maximum absolute atomic E-state index is 13.7. The first-order valence-electron chi connectivity index (χ1n) is 13.9. The standard InChI is InChI=1S/C28H36FN7O2S/c1-38-22-11-15-34(16-12-22)20-9-13-35(14-10-20)24-17-23(28(37)33-39-30)31-27-25(24)26(18-3-2-4-18)32-36(27)21-7-5-19(29)6-8-21/h5-8,17-18,20,22H,2-4,9-16,30H2,1H3,(H,33,37). The smallest absolute Gasteiger partial charge is 0.280 e. The Morgan fingerprint density at radius 1 is 1.08 bits per heavy atom. The summed E-state index contributed by atoms with van der Waals surface area (Å²) >= 11 is 0.763. The van der Waals surface area contributed by atoms with Gasteiger partial charge in [-0.25, -0.2) is 14.1 Å². The minimum atomic E-state index is -0.349. The maximum atomic E-state index is 13.7. The predicted molar refractivity (Wildman–Crippen MR) is 151 cm³/mol. The van der Waals surface area contributed by atoms with Crippen molar-refractivity contribution in [3.8, 4) is 5.69 Å². The van der Waals surface area contributed by atoms with Crippen LogP contribution in [0.2, 0.25) is 0 Å². The summed E-state index contributed by atoms with van der Waals surface area (Å²) in [5, 5.41) is 11.6. The minimum absolute atomic E-state index is 0.294. The van der Waals surface area contributed by atoms with Gasteiger partial charge in [0.05, 0.1) is 28.6 Å². The Kier molecular flexibility index (Phi) is 7.75. The fourth-order valence-electron chi connectivity index (χ4n) is 6.27. The van der Waals surface area contributed by atoms with Gasteiger partial charge in [-0.3, -0.25) is 14.7 Å². The van der Waals surface area contributed by atoms with E-state index in [0.717, 1.165) is 93.6 Å². The number of carbonyl (C=O) groups is 1. The summed E-state index contributed by atoms with van der Waals surface area (Å²) in [6.45, 7) is 3.96. The Hall–Kier alpha value is -2.73. The van der Waals surface area contributed by atoms with Gasteiger partial charge in [0, 0.05) is 57.4 Å². The van der Waals surface area contributed by atoms with Crippen molar-refractivity contribution >= 4 is 34.8 Å². The van der Waals surface area contributed by atoms with Gasteiger partial charge in [0.25, 0.3) is 5.91 Å². The average Bonchev–Trinajstić information content (AvgIpc) is 3.31. The normalized spacial score (nSPS) is 19.9. The maximum Gasteiger partial charge on any atom is 0.280 e. The SMILES string of the molecule is COC1CCN(C2CCN(c3cc(C(=O)NSN)nc4c3c(C3CCC3)nn4-c3ccc(F)cc3)CC2)CC1.